The van der Waals surface area contributed by atoms with Gasteiger partial charge in [0.2, 0.25) is 0 Å². The third-order valence-corrected chi connectivity index (χ3v) is 7.64. The Balaban J connectivity index is 1.55. The Labute approximate surface area is 187 Å². The molecule has 0 aromatic heterocycles. The molecule has 156 valence electrons. The zero-order valence-corrected chi connectivity index (χ0v) is 19.4. The molecule has 4 nitrogen and oxygen atoms in total. The number of rotatable bonds is 6. The molecule has 4 rings (SSSR count). The first kappa shape index (κ1) is 21.2. The summed E-state index contributed by atoms with van der Waals surface area (Å²) < 4.78 is 32.7. The first-order chi connectivity index (χ1) is 14.3. The van der Waals surface area contributed by atoms with E-state index in [4.69, 9.17) is 4.18 Å². The van der Waals surface area contributed by atoms with Crippen molar-refractivity contribution in [2.75, 3.05) is 20.1 Å². The van der Waals surface area contributed by atoms with Gasteiger partial charge >= 0.3 is 0 Å². The summed E-state index contributed by atoms with van der Waals surface area (Å²) in [6.45, 7) is 3.18. The normalized spacial score (nSPS) is 22.3. The Kier molecular flexibility index (Phi) is 5.86. The molecule has 1 saturated heterocycles. The van der Waals surface area contributed by atoms with Gasteiger partial charge in [-0.1, -0.05) is 76.1 Å². The minimum atomic E-state index is -3.76. The van der Waals surface area contributed by atoms with E-state index in [-0.39, 0.29) is 17.0 Å². The molecule has 0 saturated carbocycles. The van der Waals surface area contributed by atoms with Crippen LogP contribution in [0, 0.1) is 6.92 Å². The average molecular weight is 487 g/mol. The number of likely N-dealkylation sites (tertiary alicyclic amines) is 1. The van der Waals surface area contributed by atoms with E-state index in [1.54, 1.807) is 24.3 Å². The van der Waals surface area contributed by atoms with Gasteiger partial charge in [-0.3, -0.25) is 4.18 Å². The van der Waals surface area contributed by atoms with Crippen LogP contribution in [0.2, 0.25) is 0 Å². The van der Waals surface area contributed by atoms with Crippen LogP contribution in [0.3, 0.4) is 0 Å². The predicted molar refractivity (Wildman–Crippen MR) is 122 cm³/mol. The summed E-state index contributed by atoms with van der Waals surface area (Å²) >= 11 is 3.51. The molecule has 0 amide bonds. The lowest BCUT2D eigenvalue weighted by Crippen LogP contribution is -2.66. The van der Waals surface area contributed by atoms with Crippen molar-refractivity contribution in [3.8, 4) is 0 Å². The fourth-order valence-corrected chi connectivity index (χ4v) is 5.61. The maximum absolute atomic E-state index is 12.7. The highest BCUT2D eigenvalue weighted by molar-refractivity contribution is 9.10. The third kappa shape index (κ3) is 4.37. The molecule has 1 aliphatic rings. The summed E-state index contributed by atoms with van der Waals surface area (Å²) in [5, 5.41) is 0. The minimum Gasteiger partial charge on any atom is -0.311 e. The van der Waals surface area contributed by atoms with Gasteiger partial charge in [-0.25, -0.2) is 0 Å². The quantitative estimate of drug-likeness (QED) is 0.360. The van der Waals surface area contributed by atoms with E-state index in [0.717, 1.165) is 10.0 Å². The Morgan fingerprint density at radius 1 is 0.900 bits per heavy atom. The Hall–Kier alpha value is -1.99. The molecule has 0 N–H and O–H groups in total. The van der Waals surface area contributed by atoms with Crippen molar-refractivity contribution in [2.45, 2.75) is 24.0 Å². The van der Waals surface area contributed by atoms with Gasteiger partial charge in [0, 0.05) is 15.6 Å². The molecular formula is C24H25BrNO3S+. The smallest absolute Gasteiger partial charge is 0.297 e. The van der Waals surface area contributed by atoms with E-state index >= 15 is 0 Å². The predicted octanol–water partition coefficient (Wildman–Crippen LogP) is 5.08. The highest BCUT2D eigenvalue weighted by Crippen LogP contribution is 2.40. The van der Waals surface area contributed by atoms with Crippen LogP contribution in [0.1, 0.15) is 22.7 Å². The summed E-state index contributed by atoms with van der Waals surface area (Å²) in [6.07, 6.45) is -0.331. The topological polar surface area (TPSA) is 43.4 Å². The van der Waals surface area contributed by atoms with Crippen LogP contribution in [-0.4, -0.2) is 39.1 Å². The monoisotopic (exact) mass is 486 g/mol. The minimum absolute atomic E-state index is 0.112. The van der Waals surface area contributed by atoms with Crippen LogP contribution in [0.5, 0.6) is 0 Å². The van der Waals surface area contributed by atoms with Gasteiger partial charge in [0.25, 0.3) is 10.1 Å². The molecule has 1 aliphatic heterocycles. The van der Waals surface area contributed by atoms with Gasteiger partial charge in [0.05, 0.1) is 11.9 Å². The van der Waals surface area contributed by atoms with Crippen molar-refractivity contribution in [1.82, 2.24) is 0 Å². The number of halogens is 1. The van der Waals surface area contributed by atoms with Crippen LogP contribution in [0.4, 0.5) is 0 Å². The number of benzene rings is 3. The van der Waals surface area contributed by atoms with Crippen LogP contribution in [0.25, 0.3) is 0 Å². The number of aryl methyl sites for hydroxylation is 1. The Morgan fingerprint density at radius 3 is 2.07 bits per heavy atom. The SMILES string of the molecule is Cc1ccc(S(=O)(=O)OC2C[N+](C)(C(c3ccccc3)c3ccc(Br)cc3)C2)cc1. The van der Waals surface area contributed by atoms with E-state index in [1.807, 2.05) is 37.3 Å². The lowest BCUT2D eigenvalue weighted by molar-refractivity contribution is -0.976. The van der Waals surface area contributed by atoms with Crippen molar-refractivity contribution in [3.63, 3.8) is 0 Å². The number of hydrogen-bond acceptors (Lipinski definition) is 3. The summed E-state index contributed by atoms with van der Waals surface area (Å²) in [4.78, 5) is 0.210. The number of likely N-dealkylation sites (N-methyl/N-ethyl adjacent to an activating group) is 1. The van der Waals surface area contributed by atoms with E-state index in [2.05, 4.69) is 47.2 Å². The molecule has 0 aliphatic carbocycles. The number of hydrogen-bond donors (Lipinski definition) is 0. The van der Waals surface area contributed by atoms with Gasteiger partial charge in [0.1, 0.15) is 19.1 Å². The molecule has 1 heterocycles. The molecule has 1 unspecified atom stereocenters. The van der Waals surface area contributed by atoms with Gasteiger partial charge in [-0.15, -0.1) is 0 Å². The largest absolute Gasteiger partial charge is 0.311 e. The first-order valence-corrected chi connectivity index (χ1v) is 12.1. The van der Waals surface area contributed by atoms with Crippen LogP contribution >= 0.6 is 15.9 Å². The molecule has 3 aromatic rings. The van der Waals surface area contributed by atoms with E-state index in [9.17, 15) is 8.42 Å². The first-order valence-electron chi connectivity index (χ1n) is 9.91. The molecule has 1 fully saturated rings. The summed E-state index contributed by atoms with van der Waals surface area (Å²) in [5.41, 5.74) is 3.43. The molecule has 0 spiro atoms. The average Bonchev–Trinajstić information content (AvgIpc) is 2.69. The van der Waals surface area contributed by atoms with Gasteiger partial charge in [-0.2, -0.15) is 8.42 Å². The summed E-state index contributed by atoms with van der Waals surface area (Å²) in [7, 11) is -1.60. The zero-order valence-electron chi connectivity index (χ0n) is 17.0. The molecule has 30 heavy (non-hydrogen) atoms. The van der Waals surface area contributed by atoms with Crippen molar-refractivity contribution < 1.29 is 17.1 Å². The van der Waals surface area contributed by atoms with Crippen molar-refractivity contribution in [2.24, 2.45) is 0 Å². The van der Waals surface area contributed by atoms with Crippen LogP contribution < -0.4 is 0 Å². The van der Waals surface area contributed by atoms with Crippen molar-refractivity contribution >= 4 is 26.0 Å². The third-order valence-electron chi connectivity index (χ3n) is 5.74. The van der Waals surface area contributed by atoms with Crippen molar-refractivity contribution in [3.05, 3.63) is 100 Å². The van der Waals surface area contributed by atoms with Gasteiger partial charge in [-0.05, 0) is 31.2 Å². The van der Waals surface area contributed by atoms with E-state index < -0.39 is 10.1 Å². The Morgan fingerprint density at radius 2 is 1.47 bits per heavy atom. The second-order valence-corrected chi connectivity index (χ2v) is 10.7. The van der Waals surface area contributed by atoms with E-state index in [1.165, 1.54) is 11.1 Å². The zero-order chi connectivity index (χ0) is 21.4. The molecular weight excluding hydrogens is 462 g/mol. The molecule has 3 aromatic carbocycles. The highest BCUT2D eigenvalue weighted by atomic mass is 79.9. The standard InChI is InChI=1S/C24H25BrNO3S/c1-18-8-14-23(15-9-18)30(27,28)29-22-16-26(2,17-22)24(19-6-4-3-5-7-19)20-10-12-21(25)13-11-20/h3-15,22,24H,16-17H2,1-2H3/q+1. The maximum atomic E-state index is 12.7. The lowest BCUT2D eigenvalue weighted by atomic mass is 9.91. The fourth-order valence-electron chi connectivity index (χ4n) is 4.28. The molecule has 0 bridgehead atoms. The lowest BCUT2D eigenvalue weighted by Gasteiger charge is -2.51. The summed E-state index contributed by atoms with van der Waals surface area (Å²) in [5.74, 6) is 0. The van der Waals surface area contributed by atoms with Crippen LogP contribution in [0.15, 0.2) is 88.2 Å². The summed E-state index contributed by atoms with van der Waals surface area (Å²) in [6, 6.07) is 25.6. The molecule has 1 atom stereocenters. The second kappa shape index (κ2) is 8.27. The van der Waals surface area contributed by atoms with Gasteiger partial charge < -0.3 is 4.48 Å². The number of quaternary nitrogens is 1. The highest BCUT2D eigenvalue weighted by Gasteiger charge is 2.49. The van der Waals surface area contributed by atoms with Crippen LogP contribution in [-0.2, 0) is 14.3 Å². The molecule has 0 radical (unpaired) electrons. The van der Waals surface area contributed by atoms with Gasteiger partial charge in [0.15, 0.2) is 6.10 Å². The maximum Gasteiger partial charge on any atom is 0.297 e. The van der Waals surface area contributed by atoms with Crippen molar-refractivity contribution in [1.29, 1.82) is 0 Å². The fraction of sp³-hybridized carbons (Fsp3) is 0.250. The second-order valence-electron chi connectivity index (χ2n) is 8.19. The Bertz CT molecular complexity index is 1110. The number of nitrogens with zero attached hydrogens (tertiary/aromatic N) is 1. The van der Waals surface area contributed by atoms with E-state index in [0.29, 0.717) is 17.6 Å². The molecule has 6 heteroatoms.